The van der Waals surface area contributed by atoms with Crippen LogP contribution in [-0.4, -0.2) is 28.9 Å². The summed E-state index contributed by atoms with van der Waals surface area (Å²) in [6.07, 6.45) is 9.02. The molecule has 4 nitrogen and oxygen atoms in total. The summed E-state index contributed by atoms with van der Waals surface area (Å²) in [6, 6.07) is 5.47. The maximum Gasteiger partial charge on any atom is 0.272 e. The average molecular weight is 297 g/mol. The van der Waals surface area contributed by atoms with Crippen LogP contribution in [0.1, 0.15) is 66.7 Å². The maximum atomic E-state index is 12.6. The van der Waals surface area contributed by atoms with E-state index in [1.54, 1.807) is 19.1 Å². The summed E-state index contributed by atoms with van der Waals surface area (Å²) < 4.78 is 0. The molecule has 1 saturated heterocycles. The van der Waals surface area contributed by atoms with Gasteiger partial charge in [-0.05, 0) is 50.2 Å². The van der Waals surface area contributed by atoms with Crippen LogP contribution >= 0.6 is 0 Å². The molecule has 0 aromatic carbocycles. The Labute approximate surface area is 132 Å². The third-order valence-electron chi connectivity index (χ3n) is 5.45. The van der Waals surface area contributed by atoms with Crippen LogP contribution in [0.2, 0.25) is 0 Å². The van der Waals surface area contributed by atoms with Crippen molar-refractivity contribution < 1.29 is 4.79 Å². The average Bonchev–Trinajstić information content (AvgIpc) is 2.55. The lowest BCUT2D eigenvalue weighted by Crippen LogP contribution is -2.44. The van der Waals surface area contributed by atoms with E-state index < -0.39 is 0 Å². The number of nitrogens with zero attached hydrogens (tertiary/aromatic N) is 3. The highest BCUT2D eigenvalue weighted by atomic mass is 16.2. The molecule has 0 unspecified atom stereocenters. The van der Waals surface area contributed by atoms with Crippen molar-refractivity contribution in [2.75, 3.05) is 13.1 Å². The summed E-state index contributed by atoms with van der Waals surface area (Å²) in [6.45, 7) is 3.47. The van der Waals surface area contributed by atoms with Gasteiger partial charge in [-0.2, -0.15) is 5.26 Å². The highest BCUT2D eigenvalue weighted by Crippen LogP contribution is 2.44. The standard InChI is InChI=1S/C18H23N3O/c1-14-15(13-19)5-6-16(20-14)17(22)21-11-9-18(10-12-21)7-3-2-4-8-18/h5-6H,2-4,7-12H2,1H3. The fourth-order valence-electron chi connectivity index (χ4n) is 3.95. The number of nitriles is 1. The van der Waals surface area contributed by atoms with Crippen molar-refractivity contribution in [1.29, 1.82) is 5.26 Å². The molecule has 1 aliphatic heterocycles. The van der Waals surface area contributed by atoms with Crippen molar-refractivity contribution in [2.24, 2.45) is 5.41 Å². The van der Waals surface area contributed by atoms with Gasteiger partial charge in [0.2, 0.25) is 0 Å². The third-order valence-corrected chi connectivity index (χ3v) is 5.45. The first-order chi connectivity index (χ1) is 10.6. The summed E-state index contributed by atoms with van der Waals surface area (Å²) in [4.78, 5) is 18.9. The van der Waals surface area contributed by atoms with Crippen LogP contribution in [0.4, 0.5) is 0 Å². The van der Waals surface area contributed by atoms with E-state index in [0.717, 1.165) is 25.9 Å². The molecule has 0 bridgehead atoms. The molecule has 1 aliphatic carbocycles. The lowest BCUT2D eigenvalue weighted by atomic mass is 9.68. The van der Waals surface area contributed by atoms with Crippen LogP contribution in [0.3, 0.4) is 0 Å². The summed E-state index contributed by atoms with van der Waals surface area (Å²) in [5, 5.41) is 8.95. The van der Waals surface area contributed by atoms with Crippen LogP contribution in [0.25, 0.3) is 0 Å². The molecule has 2 heterocycles. The number of carbonyl (C=O) groups is 1. The highest BCUT2D eigenvalue weighted by Gasteiger charge is 2.36. The van der Waals surface area contributed by atoms with Gasteiger partial charge in [-0.1, -0.05) is 19.3 Å². The number of hydrogen-bond acceptors (Lipinski definition) is 3. The van der Waals surface area contributed by atoms with Gasteiger partial charge in [0, 0.05) is 13.1 Å². The normalized spacial score (nSPS) is 20.6. The highest BCUT2D eigenvalue weighted by molar-refractivity contribution is 5.92. The van der Waals surface area contributed by atoms with Gasteiger partial charge < -0.3 is 4.90 Å². The van der Waals surface area contributed by atoms with Crippen molar-refractivity contribution in [3.05, 3.63) is 29.1 Å². The molecule has 3 rings (SSSR count). The number of pyridine rings is 1. The summed E-state index contributed by atoms with van der Waals surface area (Å²) in [7, 11) is 0. The first-order valence-corrected chi connectivity index (χ1v) is 8.31. The predicted octanol–water partition coefficient (Wildman–Crippen LogP) is 3.45. The van der Waals surface area contributed by atoms with E-state index in [0.29, 0.717) is 22.4 Å². The van der Waals surface area contributed by atoms with E-state index in [4.69, 9.17) is 5.26 Å². The molecular formula is C18H23N3O. The minimum atomic E-state index is 0.0123. The molecule has 0 radical (unpaired) electrons. The maximum absolute atomic E-state index is 12.6. The number of amides is 1. The first kappa shape index (κ1) is 15.0. The second kappa shape index (κ2) is 6.08. The molecule has 1 aromatic rings. The lowest BCUT2D eigenvalue weighted by molar-refractivity contribution is 0.0467. The summed E-state index contributed by atoms with van der Waals surface area (Å²) in [5.41, 5.74) is 2.14. The van der Waals surface area contributed by atoms with Crippen molar-refractivity contribution >= 4 is 5.91 Å². The van der Waals surface area contributed by atoms with Crippen molar-refractivity contribution in [3.63, 3.8) is 0 Å². The topological polar surface area (TPSA) is 57.0 Å². The van der Waals surface area contributed by atoms with E-state index in [1.165, 1.54) is 32.1 Å². The smallest absolute Gasteiger partial charge is 0.272 e. The number of piperidine rings is 1. The Kier molecular flexibility index (Phi) is 4.15. The van der Waals surface area contributed by atoms with Gasteiger partial charge in [0.25, 0.3) is 5.91 Å². The first-order valence-electron chi connectivity index (χ1n) is 8.31. The summed E-state index contributed by atoms with van der Waals surface area (Å²) in [5.74, 6) is 0.0123. The zero-order chi connectivity index (χ0) is 15.6. The predicted molar refractivity (Wildman–Crippen MR) is 84.3 cm³/mol. The second-order valence-electron chi connectivity index (χ2n) is 6.79. The molecule has 1 spiro atoms. The van der Waals surface area contributed by atoms with Gasteiger partial charge in [-0.25, -0.2) is 4.98 Å². The molecule has 0 N–H and O–H groups in total. The van der Waals surface area contributed by atoms with Gasteiger partial charge in [0.1, 0.15) is 11.8 Å². The Morgan fingerprint density at radius 1 is 1.18 bits per heavy atom. The van der Waals surface area contributed by atoms with E-state index in [9.17, 15) is 4.79 Å². The van der Waals surface area contributed by atoms with Gasteiger partial charge >= 0.3 is 0 Å². The van der Waals surface area contributed by atoms with Crippen LogP contribution in [0, 0.1) is 23.7 Å². The number of aromatic nitrogens is 1. The molecule has 2 fully saturated rings. The molecule has 22 heavy (non-hydrogen) atoms. The molecule has 0 atom stereocenters. The Morgan fingerprint density at radius 3 is 2.45 bits per heavy atom. The van der Waals surface area contributed by atoms with Crippen molar-refractivity contribution in [1.82, 2.24) is 9.88 Å². The molecule has 4 heteroatoms. The number of aryl methyl sites for hydroxylation is 1. The third kappa shape index (κ3) is 2.85. The SMILES string of the molecule is Cc1nc(C(=O)N2CCC3(CCCCC3)CC2)ccc1C#N. The van der Waals surface area contributed by atoms with Gasteiger partial charge in [-0.3, -0.25) is 4.79 Å². The molecule has 1 aromatic heterocycles. The Morgan fingerprint density at radius 2 is 1.86 bits per heavy atom. The van der Waals surface area contributed by atoms with Crippen LogP contribution in [0.15, 0.2) is 12.1 Å². The van der Waals surface area contributed by atoms with Gasteiger partial charge in [0.15, 0.2) is 0 Å². The second-order valence-corrected chi connectivity index (χ2v) is 6.79. The molecular weight excluding hydrogens is 274 g/mol. The molecule has 1 amide bonds. The number of hydrogen-bond donors (Lipinski definition) is 0. The monoisotopic (exact) mass is 297 g/mol. The Hall–Kier alpha value is -1.89. The fraction of sp³-hybridized carbons (Fsp3) is 0.611. The number of likely N-dealkylation sites (tertiary alicyclic amines) is 1. The van der Waals surface area contributed by atoms with E-state index in [2.05, 4.69) is 11.1 Å². The number of carbonyl (C=O) groups excluding carboxylic acids is 1. The minimum absolute atomic E-state index is 0.0123. The van der Waals surface area contributed by atoms with Crippen molar-refractivity contribution in [2.45, 2.75) is 51.9 Å². The van der Waals surface area contributed by atoms with E-state index in [1.807, 2.05) is 4.90 Å². The zero-order valence-electron chi connectivity index (χ0n) is 13.3. The zero-order valence-corrected chi connectivity index (χ0v) is 13.3. The van der Waals surface area contributed by atoms with Crippen LogP contribution in [0.5, 0.6) is 0 Å². The fourth-order valence-corrected chi connectivity index (χ4v) is 3.95. The largest absolute Gasteiger partial charge is 0.337 e. The molecule has 2 aliphatic rings. The Bertz CT molecular complexity index is 601. The molecule has 116 valence electrons. The Balaban J connectivity index is 1.67. The minimum Gasteiger partial charge on any atom is -0.337 e. The van der Waals surface area contributed by atoms with Gasteiger partial charge in [0.05, 0.1) is 11.3 Å². The molecule has 1 saturated carbocycles. The van der Waals surface area contributed by atoms with Crippen LogP contribution in [-0.2, 0) is 0 Å². The van der Waals surface area contributed by atoms with Crippen LogP contribution < -0.4 is 0 Å². The van der Waals surface area contributed by atoms with E-state index in [-0.39, 0.29) is 5.91 Å². The van der Waals surface area contributed by atoms with E-state index >= 15 is 0 Å². The van der Waals surface area contributed by atoms with Crippen molar-refractivity contribution in [3.8, 4) is 6.07 Å². The summed E-state index contributed by atoms with van der Waals surface area (Å²) >= 11 is 0. The quantitative estimate of drug-likeness (QED) is 0.797. The van der Waals surface area contributed by atoms with Gasteiger partial charge in [-0.15, -0.1) is 0 Å². The number of rotatable bonds is 1. The lowest BCUT2D eigenvalue weighted by Gasteiger charge is -2.44.